The molecule has 7 heteroatoms. The average molecular weight is 410 g/mol. The highest BCUT2D eigenvalue weighted by molar-refractivity contribution is 5.94. The van der Waals surface area contributed by atoms with Gasteiger partial charge in [0.25, 0.3) is 0 Å². The van der Waals surface area contributed by atoms with E-state index < -0.39 is 0 Å². The molecule has 0 aromatic carbocycles. The van der Waals surface area contributed by atoms with Crippen molar-refractivity contribution >= 4 is 23.5 Å². The second-order valence-corrected chi connectivity index (χ2v) is 9.38. The Kier molecular flexibility index (Phi) is 5.38. The fraction of sp³-hybridized carbons (Fsp3) is 0.565. The molecule has 2 fully saturated rings. The number of nitrogens with one attached hydrogen (secondary N) is 1. The molecule has 0 unspecified atom stereocenters. The summed E-state index contributed by atoms with van der Waals surface area (Å²) in [4.78, 5) is 31.1. The van der Waals surface area contributed by atoms with Crippen LogP contribution in [0.15, 0.2) is 29.4 Å². The first kappa shape index (κ1) is 20.6. The van der Waals surface area contributed by atoms with E-state index in [-0.39, 0.29) is 23.1 Å². The van der Waals surface area contributed by atoms with E-state index in [4.69, 9.17) is 0 Å². The van der Waals surface area contributed by atoms with Gasteiger partial charge in [0.15, 0.2) is 0 Å². The van der Waals surface area contributed by atoms with E-state index in [2.05, 4.69) is 42.2 Å². The van der Waals surface area contributed by atoms with E-state index >= 15 is 0 Å². The van der Waals surface area contributed by atoms with Gasteiger partial charge >= 0.3 is 0 Å². The molecule has 7 nitrogen and oxygen atoms in total. The van der Waals surface area contributed by atoms with Crippen LogP contribution in [0.25, 0.3) is 5.70 Å². The molecular weight excluding hydrogens is 378 g/mol. The Hall–Kier alpha value is -2.70. The molecule has 1 N–H and O–H groups in total. The van der Waals surface area contributed by atoms with E-state index in [1.807, 2.05) is 28.7 Å². The summed E-state index contributed by atoms with van der Waals surface area (Å²) < 4.78 is 1.84. The molecule has 0 radical (unpaired) electrons. The zero-order chi connectivity index (χ0) is 21.5. The number of aryl methyl sites for hydroxylation is 1. The van der Waals surface area contributed by atoms with Crippen LogP contribution in [0.2, 0.25) is 0 Å². The maximum absolute atomic E-state index is 12.6. The molecule has 0 atom stereocenters. The zero-order valence-electron chi connectivity index (χ0n) is 18.4. The Balaban J connectivity index is 1.50. The SMILES string of the molecule is CC/C(=C\C=C(/C)C(=O)N1CC(C)(C)C1)C1=CCCc2nc(NC(=O)C3CC3)nn21. The minimum atomic E-state index is 0.0148. The van der Waals surface area contributed by atoms with Crippen molar-refractivity contribution < 1.29 is 9.59 Å². The number of nitrogens with zero attached hydrogens (tertiary/aromatic N) is 4. The topological polar surface area (TPSA) is 80.1 Å². The van der Waals surface area contributed by atoms with Gasteiger partial charge in [-0.2, -0.15) is 4.98 Å². The van der Waals surface area contributed by atoms with Crippen molar-refractivity contribution in [2.45, 2.75) is 59.8 Å². The number of hydrogen-bond acceptors (Lipinski definition) is 4. The number of hydrogen-bond donors (Lipinski definition) is 1. The second kappa shape index (κ2) is 7.85. The van der Waals surface area contributed by atoms with E-state index in [0.29, 0.717) is 5.95 Å². The van der Waals surface area contributed by atoms with E-state index in [9.17, 15) is 9.59 Å². The summed E-state index contributed by atoms with van der Waals surface area (Å²) in [6.07, 6.45) is 10.5. The molecule has 160 valence electrons. The first-order chi connectivity index (χ1) is 14.3. The first-order valence-electron chi connectivity index (χ1n) is 10.9. The lowest BCUT2D eigenvalue weighted by Crippen LogP contribution is -2.55. The lowest BCUT2D eigenvalue weighted by Gasteiger charge is -2.45. The molecule has 2 aliphatic heterocycles. The highest BCUT2D eigenvalue weighted by Gasteiger charge is 2.37. The van der Waals surface area contributed by atoms with Crippen LogP contribution in [0.3, 0.4) is 0 Å². The van der Waals surface area contributed by atoms with Crippen LogP contribution in [-0.2, 0) is 16.0 Å². The zero-order valence-corrected chi connectivity index (χ0v) is 18.4. The average Bonchev–Trinajstić information content (AvgIpc) is 3.46. The third kappa shape index (κ3) is 4.25. The molecule has 1 aromatic rings. The number of carbonyl (C=O) groups excluding carboxylic acids is 2. The van der Waals surface area contributed by atoms with Crippen LogP contribution in [0.4, 0.5) is 5.95 Å². The van der Waals surface area contributed by atoms with Gasteiger partial charge in [0.2, 0.25) is 17.8 Å². The fourth-order valence-corrected chi connectivity index (χ4v) is 4.06. The fourth-order valence-electron chi connectivity index (χ4n) is 4.06. The molecule has 1 aromatic heterocycles. The Morgan fingerprint density at radius 1 is 1.27 bits per heavy atom. The number of likely N-dealkylation sites (tertiary alicyclic amines) is 1. The van der Waals surface area contributed by atoms with Crippen molar-refractivity contribution in [1.82, 2.24) is 19.7 Å². The molecular formula is C23H31N5O2. The molecule has 1 aliphatic carbocycles. The number of fused-ring (bicyclic) bond motifs is 1. The van der Waals surface area contributed by atoms with E-state index in [1.165, 1.54) is 0 Å². The van der Waals surface area contributed by atoms with E-state index in [0.717, 1.165) is 67.9 Å². The van der Waals surface area contributed by atoms with Crippen molar-refractivity contribution in [2.75, 3.05) is 18.4 Å². The number of amides is 2. The van der Waals surface area contributed by atoms with Crippen molar-refractivity contribution in [2.24, 2.45) is 11.3 Å². The predicted molar refractivity (Wildman–Crippen MR) is 116 cm³/mol. The summed E-state index contributed by atoms with van der Waals surface area (Å²) in [5, 5.41) is 7.39. The quantitative estimate of drug-likeness (QED) is 0.575. The molecule has 4 rings (SSSR count). The van der Waals surface area contributed by atoms with Crippen LogP contribution in [0.5, 0.6) is 0 Å². The molecule has 0 bridgehead atoms. The highest BCUT2D eigenvalue weighted by Crippen LogP contribution is 2.31. The third-order valence-corrected chi connectivity index (χ3v) is 5.90. The number of allylic oxidation sites excluding steroid dienone is 5. The summed E-state index contributed by atoms with van der Waals surface area (Å²) in [5.41, 5.74) is 3.05. The summed E-state index contributed by atoms with van der Waals surface area (Å²) in [6, 6.07) is 0. The van der Waals surface area contributed by atoms with Gasteiger partial charge in [-0.25, -0.2) is 4.68 Å². The normalized spacial score (nSPS) is 20.9. The molecule has 30 heavy (non-hydrogen) atoms. The minimum absolute atomic E-state index is 0.0148. The Morgan fingerprint density at radius 2 is 2.00 bits per heavy atom. The molecule has 0 spiro atoms. The third-order valence-electron chi connectivity index (χ3n) is 5.90. The van der Waals surface area contributed by atoms with Gasteiger partial charge in [-0.05, 0) is 43.6 Å². The first-order valence-corrected chi connectivity index (χ1v) is 10.9. The van der Waals surface area contributed by atoms with Gasteiger partial charge < -0.3 is 4.90 Å². The lowest BCUT2D eigenvalue weighted by molar-refractivity contribution is -0.137. The van der Waals surface area contributed by atoms with Crippen LogP contribution < -0.4 is 5.32 Å². The van der Waals surface area contributed by atoms with Gasteiger partial charge in [0.1, 0.15) is 5.82 Å². The minimum Gasteiger partial charge on any atom is -0.338 e. The summed E-state index contributed by atoms with van der Waals surface area (Å²) in [5.74, 6) is 1.48. The van der Waals surface area contributed by atoms with Crippen LogP contribution in [0.1, 0.15) is 59.2 Å². The van der Waals surface area contributed by atoms with E-state index in [1.54, 1.807) is 0 Å². The monoisotopic (exact) mass is 409 g/mol. The van der Waals surface area contributed by atoms with Crippen LogP contribution in [-0.4, -0.2) is 44.6 Å². The predicted octanol–water partition coefficient (Wildman–Crippen LogP) is 3.56. The Morgan fingerprint density at radius 3 is 2.63 bits per heavy atom. The van der Waals surface area contributed by atoms with Crippen molar-refractivity contribution in [3.63, 3.8) is 0 Å². The molecule has 1 saturated carbocycles. The van der Waals surface area contributed by atoms with Crippen LogP contribution in [0, 0.1) is 11.3 Å². The molecule has 3 heterocycles. The summed E-state index contributed by atoms with van der Waals surface area (Å²) in [7, 11) is 0. The maximum Gasteiger partial charge on any atom is 0.249 e. The number of aromatic nitrogens is 3. The molecule has 1 saturated heterocycles. The van der Waals surface area contributed by atoms with Gasteiger partial charge in [0.05, 0.1) is 5.70 Å². The smallest absolute Gasteiger partial charge is 0.249 e. The van der Waals surface area contributed by atoms with Gasteiger partial charge in [-0.3, -0.25) is 14.9 Å². The largest absolute Gasteiger partial charge is 0.338 e. The lowest BCUT2D eigenvalue weighted by atomic mass is 9.84. The van der Waals surface area contributed by atoms with Gasteiger partial charge in [0, 0.05) is 31.0 Å². The number of anilines is 1. The Bertz CT molecular complexity index is 954. The van der Waals surface area contributed by atoms with Crippen LogP contribution >= 0.6 is 0 Å². The second-order valence-electron chi connectivity index (χ2n) is 9.38. The molecule has 2 amide bonds. The Labute approximate surface area is 177 Å². The number of carbonyl (C=O) groups is 2. The standard InChI is InChI=1S/C23H31N5O2/c1-5-16(10-9-15(2)21(30)27-13-23(3,4)14-27)18-7-6-8-19-24-22(26-28(18)19)25-20(29)17-11-12-17/h7,9-10,17H,5-6,8,11-14H2,1-4H3,(H,25,26,29)/b15-9+,16-10+. The summed E-state index contributed by atoms with van der Waals surface area (Å²) >= 11 is 0. The maximum atomic E-state index is 12.6. The van der Waals surface area contributed by atoms with Crippen molar-refractivity contribution in [1.29, 1.82) is 0 Å². The highest BCUT2D eigenvalue weighted by atomic mass is 16.2. The van der Waals surface area contributed by atoms with Crippen molar-refractivity contribution in [3.8, 4) is 0 Å². The van der Waals surface area contributed by atoms with Gasteiger partial charge in [-0.1, -0.05) is 39.0 Å². The number of rotatable bonds is 6. The van der Waals surface area contributed by atoms with Gasteiger partial charge in [-0.15, -0.1) is 5.10 Å². The summed E-state index contributed by atoms with van der Waals surface area (Å²) in [6.45, 7) is 9.94. The molecule has 3 aliphatic rings. The van der Waals surface area contributed by atoms with Crippen molar-refractivity contribution in [3.05, 3.63) is 35.2 Å².